The Bertz CT molecular complexity index is 66.6. The van der Waals surface area contributed by atoms with E-state index in [9.17, 15) is 0 Å². The first-order valence-corrected chi connectivity index (χ1v) is 1.72. The van der Waals surface area contributed by atoms with Gasteiger partial charge in [0.2, 0.25) is 0 Å². The first kappa shape index (κ1) is 15.7. The van der Waals surface area contributed by atoms with Crippen LogP contribution in [0.4, 0.5) is 0 Å². The summed E-state index contributed by atoms with van der Waals surface area (Å²) in [5, 5.41) is 0. The number of allylic oxidation sites excluding steroid dienone is 4. The van der Waals surface area contributed by atoms with Crippen LogP contribution in [0.1, 0.15) is 6.42 Å². The zero-order valence-corrected chi connectivity index (χ0v) is 6.63. The molecule has 1 rings (SSSR count). The van der Waals surface area contributed by atoms with Gasteiger partial charge in [-0.15, -0.1) is 6.42 Å². The molecule has 2 heteroatoms. The molecule has 0 spiro atoms. The standard InChI is InChI=1S/C5H5.CH3.ClH.Mn/c1-2-4-5-3-1;;;/h1-3H,4H2;1H3;1H;/q2*-1;;+3/p-1. The van der Waals surface area contributed by atoms with Gasteiger partial charge in [-0.25, -0.2) is 12.2 Å². The third-order valence-electron chi connectivity index (χ3n) is 0.586. The van der Waals surface area contributed by atoms with Gasteiger partial charge in [-0.3, -0.25) is 6.08 Å². The molecule has 0 aromatic carbocycles. The molecule has 1 aliphatic rings. The maximum atomic E-state index is 2.99. The van der Waals surface area contributed by atoms with Crippen LogP contribution in [0.3, 0.4) is 0 Å². The molecule has 8 heavy (non-hydrogen) atoms. The van der Waals surface area contributed by atoms with Gasteiger partial charge in [0, 0.05) is 0 Å². The molecule has 0 atom stereocenters. The van der Waals surface area contributed by atoms with E-state index < -0.39 is 0 Å². The molecule has 46 valence electrons. The molecule has 0 amide bonds. The van der Waals surface area contributed by atoms with Gasteiger partial charge >= 0.3 is 17.1 Å². The summed E-state index contributed by atoms with van der Waals surface area (Å²) in [6.07, 6.45) is 10.0. The van der Waals surface area contributed by atoms with E-state index in [2.05, 4.69) is 12.2 Å². The maximum absolute atomic E-state index is 2.99. The van der Waals surface area contributed by atoms with Crippen LogP contribution in [0.25, 0.3) is 0 Å². The summed E-state index contributed by atoms with van der Waals surface area (Å²) < 4.78 is 0. The first-order chi connectivity index (χ1) is 2.50. The smallest absolute Gasteiger partial charge is 1.00 e. The zero-order chi connectivity index (χ0) is 3.54. The second-order valence-corrected chi connectivity index (χ2v) is 1.00. The Kier molecular flexibility index (Phi) is 20.3. The van der Waals surface area contributed by atoms with E-state index in [1.807, 2.05) is 12.2 Å². The summed E-state index contributed by atoms with van der Waals surface area (Å²) in [7, 11) is 0. The van der Waals surface area contributed by atoms with Crippen LogP contribution in [-0.2, 0) is 17.1 Å². The molecule has 0 heterocycles. The number of hydrogen-bond acceptors (Lipinski definition) is 0. The fraction of sp³-hybridized carbons (Fsp3) is 0.167. The molecular weight excluding hydrogens is 162 g/mol. The molecule has 0 aliphatic heterocycles. The van der Waals surface area contributed by atoms with Crippen molar-refractivity contribution in [1.82, 2.24) is 0 Å². The van der Waals surface area contributed by atoms with Crippen LogP contribution in [0, 0.1) is 13.5 Å². The number of hydrogen-bond donors (Lipinski definition) is 0. The molecule has 1 aliphatic carbocycles. The summed E-state index contributed by atoms with van der Waals surface area (Å²) in [6.45, 7) is 0. The third kappa shape index (κ3) is 6.29. The Morgan fingerprint density at radius 1 is 1.38 bits per heavy atom. The molecular formula is C6H8ClMn. The minimum Gasteiger partial charge on any atom is -1.00 e. The maximum Gasteiger partial charge on any atom is 3.00 e. The van der Waals surface area contributed by atoms with Gasteiger partial charge in [0.25, 0.3) is 0 Å². The van der Waals surface area contributed by atoms with Crippen LogP contribution in [0.15, 0.2) is 18.2 Å². The minimum absolute atomic E-state index is 0. The van der Waals surface area contributed by atoms with Crippen molar-refractivity contribution in [2.24, 2.45) is 0 Å². The summed E-state index contributed by atoms with van der Waals surface area (Å²) >= 11 is 0. The summed E-state index contributed by atoms with van der Waals surface area (Å²) in [4.78, 5) is 0. The largest absolute Gasteiger partial charge is 3.00 e. The van der Waals surface area contributed by atoms with Crippen molar-refractivity contribution in [3.05, 3.63) is 31.7 Å². The van der Waals surface area contributed by atoms with E-state index in [0.717, 1.165) is 6.42 Å². The van der Waals surface area contributed by atoms with Crippen molar-refractivity contribution >= 4 is 0 Å². The molecule has 0 aromatic heterocycles. The van der Waals surface area contributed by atoms with Crippen LogP contribution in [0.5, 0.6) is 0 Å². The van der Waals surface area contributed by atoms with Gasteiger partial charge in [0.1, 0.15) is 0 Å². The van der Waals surface area contributed by atoms with E-state index in [1.165, 1.54) is 0 Å². The number of rotatable bonds is 0. The second kappa shape index (κ2) is 10.3. The summed E-state index contributed by atoms with van der Waals surface area (Å²) in [5.41, 5.74) is 0. The monoisotopic (exact) mass is 170 g/mol. The molecule has 0 nitrogen and oxygen atoms in total. The van der Waals surface area contributed by atoms with Crippen molar-refractivity contribution in [3.63, 3.8) is 0 Å². The van der Waals surface area contributed by atoms with E-state index >= 15 is 0 Å². The Labute approximate surface area is 67.9 Å². The van der Waals surface area contributed by atoms with Gasteiger partial charge in [-0.05, 0) is 0 Å². The van der Waals surface area contributed by atoms with Crippen molar-refractivity contribution < 1.29 is 29.5 Å². The van der Waals surface area contributed by atoms with Gasteiger partial charge < -0.3 is 19.8 Å². The SMILES string of the molecule is [C-]1=CC=CC1.[CH3-].[Cl-].[Mn+3]. The zero-order valence-electron chi connectivity index (χ0n) is 4.70. The molecule has 0 N–H and O–H groups in total. The van der Waals surface area contributed by atoms with Crippen molar-refractivity contribution in [2.45, 2.75) is 6.42 Å². The van der Waals surface area contributed by atoms with E-state index in [0.29, 0.717) is 0 Å². The van der Waals surface area contributed by atoms with Crippen molar-refractivity contribution in [1.29, 1.82) is 0 Å². The molecule has 0 unspecified atom stereocenters. The molecule has 0 radical (unpaired) electrons. The van der Waals surface area contributed by atoms with Gasteiger partial charge in [-0.1, -0.05) is 0 Å². The van der Waals surface area contributed by atoms with E-state index in [-0.39, 0.29) is 36.9 Å². The van der Waals surface area contributed by atoms with E-state index in [1.54, 1.807) is 0 Å². The predicted molar refractivity (Wildman–Crippen MR) is 28.0 cm³/mol. The summed E-state index contributed by atoms with van der Waals surface area (Å²) in [5.74, 6) is 0. The van der Waals surface area contributed by atoms with Crippen LogP contribution < -0.4 is 12.4 Å². The average Bonchev–Trinajstić information content (AvgIpc) is 1.76. The first-order valence-electron chi connectivity index (χ1n) is 1.72. The van der Waals surface area contributed by atoms with Crippen molar-refractivity contribution in [3.8, 4) is 0 Å². The Morgan fingerprint density at radius 3 is 2.12 bits per heavy atom. The molecule has 0 aromatic rings. The fourth-order valence-corrected chi connectivity index (χ4v) is 0.340. The Morgan fingerprint density at radius 2 is 2.00 bits per heavy atom. The summed E-state index contributed by atoms with van der Waals surface area (Å²) in [6, 6.07) is 0. The minimum atomic E-state index is 0. The fourth-order valence-electron chi connectivity index (χ4n) is 0.340. The average molecular weight is 171 g/mol. The van der Waals surface area contributed by atoms with Crippen LogP contribution in [-0.4, -0.2) is 0 Å². The topological polar surface area (TPSA) is 0 Å². The van der Waals surface area contributed by atoms with E-state index in [4.69, 9.17) is 0 Å². The molecule has 0 fully saturated rings. The normalized spacial score (nSPS) is 11.0. The molecule has 0 saturated heterocycles. The Hall–Kier alpha value is 0.289. The third-order valence-corrected chi connectivity index (χ3v) is 0.586. The second-order valence-electron chi connectivity index (χ2n) is 1.00. The number of halogens is 1. The van der Waals surface area contributed by atoms with Crippen LogP contribution >= 0.6 is 0 Å². The van der Waals surface area contributed by atoms with Crippen LogP contribution in [0.2, 0.25) is 0 Å². The quantitative estimate of drug-likeness (QED) is 0.315. The van der Waals surface area contributed by atoms with Gasteiger partial charge in [0.05, 0.1) is 0 Å². The van der Waals surface area contributed by atoms with Crippen molar-refractivity contribution in [2.75, 3.05) is 0 Å². The molecule has 0 bridgehead atoms. The Balaban J connectivity index is -0.0000000833. The predicted octanol–water partition coefficient (Wildman–Crippen LogP) is -1.24. The molecule has 0 saturated carbocycles. The van der Waals surface area contributed by atoms with Gasteiger partial charge in [-0.2, -0.15) is 6.08 Å². The van der Waals surface area contributed by atoms with Gasteiger partial charge in [0.15, 0.2) is 0 Å².